The first-order valence-corrected chi connectivity index (χ1v) is 4.81. The maximum atomic E-state index is 13.3. The zero-order valence-electron chi connectivity index (χ0n) is 9.15. The number of aromatic hydroxyl groups is 1. The fraction of sp³-hybridized carbons (Fsp3) is 0.200. The minimum atomic E-state index is -1.94. The van der Waals surface area contributed by atoms with Crippen LogP contribution in [0.5, 0.6) is 5.75 Å². The van der Waals surface area contributed by atoms with Gasteiger partial charge in [-0.15, -0.1) is 0 Å². The number of aliphatic hydroxyl groups excluding tert-OH is 1. The summed E-state index contributed by atoms with van der Waals surface area (Å²) in [6, 6.07) is 0.201. The SMILES string of the molecule is O=C(NC[C@H](O)C(=O)O)c1cc(F)c(F)c(O)c1F. The Bertz CT molecular complexity index is 534. The van der Waals surface area contributed by atoms with Gasteiger partial charge in [-0.25, -0.2) is 13.6 Å². The van der Waals surface area contributed by atoms with Crippen molar-refractivity contribution < 1.29 is 38.1 Å². The Balaban J connectivity index is 2.92. The Kier molecular flexibility index (Phi) is 4.33. The number of halogens is 3. The van der Waals surface area contributed by atoms with E-state index in [1.54, 1.807) is 5.32 Å². The van der Waals surface area contributed by atoms with Crippen LogP contribution < -0.4 is 5.32 Å². The molecule has 9 heteroatoms. The molecule has 0 fully saturated rings. The maximum Gasteiger partial charge on any atom is 0.334 e. The van der Waals surface area contributed by atoms with Crippen LogP contribution in [0.25, 0.3) is 0 Å². The van der Waals surface area contributed by atoms with Gasteiger partial charge in [0.2, 0.25) is 5.82 Å². The summed E-state index contributed by atoms with van der Waals surface area (Å²) >= 11 is 0. The standard InChI is InChI=1S/C10H8F3NO5/c11-4-1-3(6(12)8(16)7(4)13)9(17)14-2-5(15)10(18)19/h1,5,15-16H,2H2,(H,14,17)(H,18,19)/t5-/m0/s1. The number of amides is 1. The summed E-state index contributed by atoms with van der Waals surface area (Å²) in [6.07, 6.45) is -1.94. The average molecular weight is 279 g/mol. The Morgan fingerprint density at radius 3 is 2.37 bits per heavy atom. The highest BCUT2D eigenvalue weighted by Gasteiger charge is 2.23. The van der Waals surface area contributed by atoms with Gasteiger partial charge in [-0.3, -0.25) is 4.79 Å². The molecule has 0 spiro atoms. The van der Waals surface area contributed by atoms with Gasteiger partial charge in [0.05, 0.1) is 12.1 Å². The van der Waals surface area contributed by atoms with E-state index < -0.39 is 53.3 Å². The number of phenols is 1. The summed E-state index contributed by atoms with van der Waals surface area (Å²) in [5.74, 6) is -9.80. The van der Waals surface area contributed by atoms with Crippen molar-refractivity contribution in [2.75, 3.05) is 6.54 Å². The molecule has 0 bridgehead atoms. The largest absolute Gasteiger partial charge is 0.503 e. The zero-order chi connectivity index (χ0) is 14.7. The number of phenolic OH excluding ortho intramolecular Hbond substituents is 1. The third kappa shape index (κ3) is 3.13. The summed E-state index contributed by atoms with van der Waals surface area (Å²) in [6.45, 7) is -0.770. The van der Waals surface area contributed by atoms with Gasteiger partial charge in [-0.1, -0.05) is 0 Å². The molecule has 0 aromatic heterocycles. The summed E-state index contributed by atoms with van der Waals surface area (Å²) in [7, 11) is 0. The lowest BCUT2D eigenvalue weighted by atomic mass is 10.1. The van der Waals surface area contributed by atoms with Crippen molar-refractivity contribution in [2.24, 2.45) is 0 Å². The molecule has 0 unspecified atom stereocenters. The van der Waals surface area contributed by atoms with Crippen LogP contribution >= 0.6 is 0 Å². The van der Waals surface area contributed by atoms with Crippen molar-refractivity contribution in [3.8, 4) is 5.75 Å². The van der Waals surface area contributed by atoms with E-state index in [-0.39, 0.29) is 6.07 Å². The monoisotopic (exact) mass is 279 g/mol. The molecule has 1 aromatic rings. The fourth-order valence-electron chi connectivity index (χ4n) is 1.13. The third-order valence-electron chi connectivity index (χ3n) is 2.12. The number of carbonyl (C=O) groups is 2. The van der Waals surface area contributed by atoms with Crippen molar-refractivity contribution in [1.29, 1.82) is 0 Å². The summed E-state index contributed by atoms with van der Waals surface area (Å²) in [5, 5.41) is 27.8. The van der Waals surface area contributed by atoms with Crippen LogP contribution in [0.4, 0.5) is 13.2 Å². The van der Waals surface area contributed by atoms with Crippen LogP contribution in [0.1, 0.15) is 10.4 Å². The molecule has 6 nitrogen and oxygen atoms in total. The molecule has 0 aliphatic heterocycles. The van der Waals surface area contributed by atoms with E-state index in [1.165, 1.54) is 0 Å². The molecular formula is C10H8F3NO5. The van der Waals surface area contributed by atoms with Gasteiger partial charge < -0.3 is 20.6 Å². The highest BCUT2D eigenvalue weighted by atomic mass is 19.2. The van der Waals surface area contributed by atoms with E-state index >= 15 is 0 Å². The Morgan fingerprint density at radius 1 is 1.26 bits per heavy atom. The smallest absolute Gasteiger partial charge is 0.334 e. The number of aliphatic carboxylic acids is 1. The van der Waals surface area contributed by atoms with E-state index in [2.05, 4.69) is 0 Å². The van der Waals surface area contributed by atoms with Gasteiger partial charge in [-0.2, -0.15) is 4.39 Å². The van der Waals surface area contributed by atoms with Crippen molar-refractivity contribution in [3.63, 3.8) is 0 Å². The number of carboxylic acid groups (broad SMARTS) is 1. The molecule has 0 radical (unpaired) electrons. The van der Waals surface area contributed by atoms with Crippen LogP contribution in [-0.2, 0) is 4.79 Å². The third-order valence-corrected chi connectivity index (χ3v) is 2.12. The molecule has 0 saturated carbocycles. The molecule has 104 valence electrons. The molecule has 1 aromatic carbocycles. The van der Waals surface area contributed by atoms with E-state index in [1.807, 2.05) is 0 Å². The number of aliphatic hydroxyl groups is 1. The summed E-state index contributed by atoms with van der Waals surface area (Å²) in [5.41, 5.74) is -1.02. The minimum Gasteiger partial charge on any atom is -0.503 e. The van der Waals surface area contributed by atoms with E-state index in [4.69, 9.17) is 15.3 Å². The second-order valence-corrected chi connectivity index (χ2v) is 3.45. The molecule has 19 heavy (non-hydrogen) atoms. The molecule has 0 saturated heterocycles. The lowest BCUT2D eigenvalue weighted by Crippen LogP contribution is -2.36. The lowest BCUT2D eigenvalue weighted by molar-refractivity contribution is -0.146. The van der Waals surface area contributed by atoms with Crippen LogP contribution in [0.3, 0.4) is 0 Å². The highest BCUT2D eigenvalue weighted by molar-refractivity contribution is 5.95. The van der Waals surface area contributed by atoms with E-state index in [9.17, 15) is 22.8 Å². The van der Waals surface area contributed by atoms with E-state index in [0.717, 1.165) is 0 Å². The second kappa shape index (κ2) is 5.57. The van der Waals surface area contributed by atoms with Gasteiger partial charge in [0, 0.05) is 0 Å². The topological polar surface area (TPSA) is 107 Å². The van der Waals surface area contributed by atoms with Gasteiger partial charge in [0.15, 0.2) is 23.5 Å². The molecular weight excluding hydrogens is 271 g/mol. The van der Waals surface area contributed by atoms with Crippen molar-refractivity contribution in [1.82, 2.24) is 5.32 Å². The predicted octanol–water partition coefficient (Wildman–Crippen LogP) is -0.0152. The molecule has 0 heterocycles. The molecule has 0 aliphatic rings. The second-order valence-electron chi connectivity index (χ2n) is 3.45. The molecule has 0 aliphatic carbocycles. The average Bonchev–Trinajstić information content (AvgIpc) is 2.37. The number of carbonyl (C=O) groups excluding carboxylic acids is 1. The van der Waals surface area contributed by atoms with Crippen molar-refractivity contribution in [2.45, 2.75) is 6.10 Å². The quantitative estimate of drug-likeness (QED) is 0.580. The summed E-state index contributed by atoms with van der Waals surface area (Å²) in [4.78, 5) is 21.6. The highest BCUT2D eigenvalue weighted by Crippen LogP contribution is 2.25. The zero-order valence-corrected chi connectivity index (χ0v) is 9.15. The number of benzene rings is 1. The van der Waals surface area contributed by atoms with E-state index in [0.29, 0.717) is 0 Å². The Hall–Kier alpha value is -2.29. The first-order valence-electron chi connectivity index (χ1n) is 4.81. The predicted molar refractivity (Wildman–Crippen MR) is 54.0 cm³/mol. The van der Waals surface area contributed by atoms with Crippen molar-refractivity contribution in [3.05, 3.63) is 29.1 Å². The van der Waals surface area contributed by atoms with Crippen LogP contribution in [-0.4, -0.2) is 39.8 Å². The fourth-order valence-corrected chi connectivity index (χ4v) is 1.13. The first kappa shape index (κ1) is 14.8. The number of nitrogens with one attached hydrogen (secondary N) is 1. The van der Waals surface area contributed by atoms with Gasteiger partial charge in [0.25, 0.3) is 5.91 Å². The van der Waals surface area contributed by atoms with Gasteiger partial charge in [-0.05, 0) is 6.07 Å². The van der Waals surface area contributed by atoms with Crippen LogP contribution in [0, 0.1) is 17.5 Å². The molecule has 1 amide bonds. The Morgan fingerprint density at radius 2 is 1.84 bits per heavy atom. The van der Waals surface area contributed by atoms with Crippen LogP contribution in [0.15, 0.2) is 6.07 Å². The maximum absolute atomic E-state index is 13.3. The van der Waals surface area contributed by atoms with Gasteiger partial charge >= 0.3 is 5.97 Å². The number of carboxylic acids is 1. The number of hydrogen-bond acceptors (Lipinski definition) is 4. The minimum absolute atomic E-state index is 0.201. The number of hydrogen-bond donors (Lipinski definition) is 4. The molecule has 4 N–H and O–H groups in total. The summed E-state index contributed by atoms with van der Waals surface area (Å²) < 4.78 is 38.9. The van der Waals surface area contributed by atoms with Crippen molar-refractivity contribution >= 4 is 11.9 Å². The van der Waals surface area contributed by atoms with Crippen LogP contribution in [0.2, 0.25) is 0 Å². The first-order chi connectivity index (χ1) is 8.75. The molecule has 1 rings (SSSR count). The van der Waals surface area contributed by atoms with Gasteiger partial charge in [0.1, 0.15) is 0 Å². The lowest BCUT2D eigenvalue weighted by Gasteiger charge is -2.09. The number of rotatable bonds is 4. The Labute approximate surface area is 104 Å². The molecule has 1 atom stereocenters. The normalized spacial score (nSPS) is 12.0.